The number of anilines is 1. The van der Waals surface area contributed by atoms with Gasteiger partial charge in [-0.05, 0) is 35.2 Å². The number of nitrogens with two attached hydrogens (primary N) is 1. The number of nitrogen functional groups attached to an aromatic ring is 1. The highest BCUT2D eigenvalue weighted by molar-refractivity contribution is 7.99. The number of carbonyl (C=O) groups excluding carboxylic acids is 1. The van der Waals surface area contributed by atoms with Crippen molar-refractivity contribution in [1.82, 2.24) is 14.9 Å². The Morgan fingerprint density at radius 1 is 1.16 bits per heavy atom. The number of benzene rings is 2. The minimum Gasteiger partial charge on any atom is -0.486 e. The van der Waals surface area contributed by atoms with Crippen LogP contribution in [0.15, 0.2) is 47.6 Å². The van der Waals surface area contributed by atoms with E-state index in [1.165, 1.54) is 10.2 Å². The standard InChI is InChI=1S/C21H23F2N5O2S/c1-21(2,3)13-4-7-15(8-5-13)30-11-18-26-27-20(28(18)24)31-12-19(29)25-17-10-14(22)6-9-16(17)23/h4-10H,11-12,24H2,1-3H3,(H,25,29). The minimum absolute atomic E-state index is 0.0504. The molecule has 1 aromatic heterocycles. The summed E-state index contributed by atoms with van der Waals surface area (Å²) in [5.41, 5.74) is 1.01. The quantitative estimate of drug-likeness (QED) is 0.422. The summed E-state index contributed by atoms with van der Waals surface area (Å²) < 4.78 is 33.8. The van der Waals surface area contributed by atoms with Gasteiger partial charge in [0.1, 0.15) is 24.0 Å². The summed E-state index contributed by atoms with van der Waals surface area (Å²) in [6.45, 7) is 6.50. The van der Waals surface area contributed by atoms with E-state index >= 15 is 0 Å². The van der Waals surface area contributed by atoms with E-state index in [0.29, 0.717) is 11.6 Å². The van der Waals surface area contributed by atoms with Crippen LogP contribution < -0.4 is 15.9 Å². The summed E-state index contributed by atoms with van der Waals surface area (Å²) >= 11 is 1.01. The van der Waals surface area contributed by atoms with Gasteiger partial charge in [0.15, 0.2) is 5.82 Å². The number of rotatable bonds is 7. The summed E-state index contributed by atoms with van der Waals surface area (Å²) in [6.07, 6.45) is 0. The zero-order valence-corrected chi connectivity index (χ0v) is 18.2. The summed E-state index contributed by atoms with van der Waals surface area (Å²) in [5, 5.41) is 10.5. The molecule has 2 aromatic carbocycles. The molecule has 0 saturated carbocycles. The van der Waals surface area contributed by atoms with Crippen molar-refractivity contribution in [2.45, 2.75) is 37.9 Å². The molecule has 3 rings (SSSR count). The van der Waals surface area contributed by atoms with Crippen LogP contribution >= 0.6 is 11.8 Å². The van der Waals surface area contributed by atoms with E-state index in [9.17, 15) is 13.6 Å². The van der Waals surface area contributed by atoms with Crippen molar-refractivity contribution >= 4 is 23.4 Å². The zero-order valence-electron chi connectivity index (χ0n) is 17.4. The number of carbonyl (C=O) groups is 1. The van der Waals surface area contributed by atoms with Crippen LogP contribution in [0.2, 0.25) is 0 Å². The van der Waals surface area contributed by atoms with Crippen LogP contribution in [0.3, 0.4) is 0 Å². The van der Waals surface area contributed by atoms with Crippen LogP contribution in [0.25, 0.3) is 0 Å². The Kier molecular flexibility index (Phi) is 6.79. The lowest BCUT2D eigenvalue weighted by molar-refractivity contribution is -0.113. The van der Waals surface area contributed by atoms with Crippen molar-refractivity contribution in [2.24, 2.45) is 0 Å². The Hall–Kier alpha value is -3.14. The second-order valence-corrected chi connectivity index (χ2v) is 8.74. The van der Waals surface area contributed by atoms with Gasteiger partial charge >= 0.3 is 0 Å². The molecule has 7 nitrogen and oxygen atoms in total. The number of halogens is 2. The van der Waals surface area contributed by atoms with Gasteiger partial charge in [-0.2, -0.15) is 0 Å². The van der Waals surface area contributed by atoms with Crippen molar-refractivity contribution < 1.29 is 18.3 Å². The monoisotopic (exact) mass is 447 g/mol. The molecule has 0 aliphatic carbocycles. The number of hydrogen-bond acceptors (Lipinski definition) is 6. The molecular formula is C21H23F2N5O2S. The lowest BCUT2D eigenvalue weighted by Crippen LogP contribution is -2.18. The molecule has 0 saturated heterocycles. The molecular weight excluding hydrogens is 424 g/mol. The first-order chi connectivity index (χ1) is 14.6. The molecule has 1 heterocycles. The zero-order chi connectivity index (χ0) is 22.6. The second kappa shape index (κ2) is 9.34. The molecule has 0 aliphatic rings. The number of aromatic nitrogens is 3. The van der Waals surface area contributed by atoms with Crippen LogP contribution in [-0.2, 0) is 16.8 Å². The highest BCUT2D eigenvalue weighted by Gasteiger charge is 2.15. The van der Waals surface area contributed by atoms with Crippen LogP contribution in [0.4, 0.5) is 14.5 Å². The van der Waals surface area contributed by atoms with Gasteiger partial charge in [0.25, 0.3) is 0 Å². The van der Waals surface area contributed by atoms with Gasteiger partial charge in [-0.15, -0.1) is 10.2 Å². The largest absolute Gasteiger partial charge is 0.486 e. The normalized spacial score (nSPS) is 11.4. The SMILES string of the molecule is CC(C)(C)c1ccc(OCc2nnc(SCC(=O)Nc3cc(F)ccc3F)n2N)cc1. The maximum Gasteiger partial charge on any atom is 0.234 e. The Balaban J connectivity index is 1.54. The summed E-state index contributed by atoms with van der Waals surface area (Å²) in [7, 11) is 0. The van der Waals surface area contributed by atoms with Crippen LogP contribution in [-0.4, -0.2) is 26.5 Å². The van der Waals surface area contributed by atoms with Crippen molar-refractivity contribution in [1.29, 1.82) is 0 Å². The van der Waals surface area contributed by atoms with E-state index in [1.54, 1.807) is 0 Å². The molecule has 0 atom stereocenters. The fourth-order valence-corrected chi connectivity index (χ4v) is 3.29. The van der Waals surface area contributed by atoms with Gasteiger partial charge in [0.05, 0.1) is 11.4 Å². The van der Waals surface area contributed by atoms with Gasteiger partial charge < -0.3 is 15.9 Å². The van der Waals surface area contributed by atoms with Crippen molar-refractivity contribution in [2.75, 3.05) is 16.9 Å². The molecule has 0 radical (unpaired) electrons. The van der Waals surface area contributed by atoms with Gasteiger partial charge in [-0.25, -0.2) is 13.5 Å². The molecule has 0 spiro atoms. The Morgan fingerprint density at radius 2 is 1.87 bits per heavy atom. The highest BCUT2D eigenvalue weighted by atomic mass is 32.2. The highest BCUT2D eigenvalue weighted by Crippen LogP contribution is 2.25. The molecule has 0 unspecified atom stereocenters. The topological polar surface area (TPSA) is 95.1 Å². The van der Waals surface area contributed by atoms with Crippen LogP contribution in [0.1, 0.15) is 32.2 Å². The van der Waals surface area contributed by atoms with Crippen LogP contribution in [0.5, 0.6) is 5.75 Å². The van der Waals surface area contributed by atoms with Crippen molar-refractivity contribution in [3.63, 3.8) is 0 Å². The number of hydrogen-bond donors (Lipinski definition) is 2. The maximum atomic E-state index is 13.6. The van der Waals surface area contributed by atoms with E-state index in [-0.39, 0.29) is 28.6 Å². The summed E-state index contributed by atoms with van der Waals surface area (Å²) in [4.78, 5) is 12.0. The van der Waals surface area contributed by atoms with Crippen LogP contribution in [0, 0.1) is 11.6 Å². The maximum absolute atomic E-state index is 13.6. The van der Waals surface area contributed by atoms with E-state index in [0.717, 1.165) is 30.0 Å². The first-order valence-electron chi connectivity index (χ1n) is 9.44. The average molecular weight is 448 g/mol. The minimum atomic E-state index is -0.725. The third kappa shape index (κ3) is 5.94. The van der Waals surface area contributed by atoms with E-state index in [1.807, 2.05) is 24.3 Å². The predicted octanol–water partition coefficient (Wildman–Crippen LogP) is 3.88. The van der Waals surface area contributed by atoms with Crippen molar-refractivity contribution in [3.8, 4) is 5.75 Å². The Labute approximate surface area is 183 Å². The first-order valence-corrected chi connectivity index (χ1v) is 10.4. The molecule has 1 amide bonds. The lowest BCUT2D eigenvalue weighted by atomic mass is 9.87. The second-order valence-electron chi connectivity index (χ2n) is 7.79. The Morgan fingerprint density at radius 3 is 2.55 bits per heavy atom. The number of thioether (sulfide) groups is 1. The number of ether oxygens (including phenoxy) is 1. The summed E-state index contributed by atoms with van der Waals surface area (Å²) in [6, 6.07) is 10.6. The van der Waals surface area contributed by atoms with Crippen molar-refractivity contribution in [3.05, 3.63) is 65.5 Å². The molecule has 31 heavy (non-hydrogen) atoms. The number of nitrogens with zero attached hydrogens (tertiary/aromatic N) is 3. The molecule has 0 aliphatic heterocycles. The van der Waals surface area contributed by atoms with Gasteiger partial charge in [0, 0.05) is 6.07 Å². The molecule has 3 aromatic rings. The predicted molar refractivity (Wildman–Crippen MR) is 115 cm³/mol. The fraction of sp³-hybridized carbons (Fsp3) is 0.286. The van der Waals surface area contributed by atoms with E-state index < -0.39 is 17.5 Å². The lowest BCUT2D eigenvalue weighted by Gasteiger charge is -2.19. The fourth-order valence-electron chi connectivity index (χ4n) is 2.61. The van der Waals surface area contributed by atoms with E-state index in [2.05, 4.69) is 36.3 Å². The molecule has 10 heteroatoms. The third-order valence-electron chi connectivity index (χ3n) is 4.36. The van der Waals surface area contributed by atoms with E-state index in [4.69, 9.17) is 10.6 Å². The number of amides is 1. The average Bonchev–Trinajstić information content (AvgIpc) is 3.07. The first kappa shape index (κ1) is 22.5. The molecule has 164 valence electrons. The van der Waals surface area contributed by atoms with Gasteiger partial charge in [-0.1, -0.05) is 44.7 Å². The smallest absolute Gasteiger partial charge is 0.234 e. The molecule has 3 N–H and O–H groups in total. The Bertz CT molecular complexity index is 1060. The van der Waals surface area contributed by atoms with Gasteiger partial charge in [-0.3, -0.25) is 4.79 Å². The van der Waals surface area contributed by atoms with Gasteiger partial charge in [0.2, 0.25) is 11.1 Å². The molecule has 0 fully saturated rings. The summed E-state index contributed by atoms with van der Waals surface area (Å²) in [5.74, 6) is 5.00. The third-order valence-corrected chi connectivity index (χ3v) is 5.30. The number of nitrogens with one attached hydrogen (secondary N) is 1. The molecule has 0 bridgehead atoms.